The molecule has 0 saturated carbocycles. The first kappa shape index (κ1) is 21.2. The largest absolute Gasteiger partial charge is 0.379 e. The summed E-state index contributed by atoms with van der Waals surface area (Å²) in [6.45, 7) is 1.37. The molecule has 1 N–H and O–H groups in total. The van der Waals surface area contributed by atoms with E-state index in [9.17, 15) is 13.2 Å². The van der Waals surface area contributed by atoms with Gasteiger partial charge in [-0.1, -0.05) is 54.6 Å². The van der Waals surface area contributed by atoms with Crippen molar-refractivity contribution in [3.63, 3.8) is 0 Å². The Labute approximate surface area is 182 Å². The first-order valence-corrected chi connectivity index (χ1v) is 11.6. The van der Waals surface area contributed by atoms with Gasteiger partial charge in [-0.2, -0.15) is 4.31 Å². The van der Waals surface area contributed by atoms with Crippen molar-refractivity contribution in [1.29, 1.82) is 0 Å². The van der Waals surface area contributed by atoms with E-state index < -0.39 is 10.0 Å². The number of sulfonamides is 1. The highest BCUT2D eigenvalue weighted by Gasteiger charge is 2.27. The second-order valence-electron chi connectivity index (χ2n) is 7.32. The predicted octanol–water partition coefficient (Wildman–Crippen LogP) is 3.55. The number of amides is 1. The maximum Gasteiger partial charge on any atom is 0.255 e. The third-order valence-electron chi connectivity index (χ3n) is 5.21. The molecule has 1 amide bonds. The Bertz CT molecular complexity index is 1160. The summed E-state index contributed by atoms with van der Waals surface area (Å²) in [6.07, 6.45) is 0.683. The van der Waals surface area contributed by atoms with Crippen LogP contribution in [-0.2, 0) is 21.2 Å². The summed E-state index contributed by atoms with van der Waals surface area (Å²) < 4.78 is 32.5. The third kappa shape index (κ3) is 5.02. The second-order valence-corrected chi connectivity index (χ2v) is 9.26. The first-order valence-electron chi connectivity index (χ1n) is 10.2. The molecule has 0 spiro atoms. The van der Waals surface area contributed by atoms with Gasteiger partial charge in [-0.15, -0.1) is 0 Å². The molecule has 0 aromatic heterocycles. The van der Waals surface area contributed by atoms with Crippen LogP contribution in [0.2, 0.25) is 0 Å². The smallest absolute Gasteiger partial charge is 0.255 e. The number of benzene rings is 3. The van der Waals surface area contributed by atoms with Crippen LogP contribution in [0.4, 0.5) is 5.69 Å². The zero-order valence-electron chi connectivity index (χ0n) is 17.0. The summed E-state index contributed by atoms with van der Waals surface area (Å²) >= 11 is 0. The Morgan fingerprint density at radius 3 is 2.39 bits per heavy atom. The number of carbonyl (C=O) groups excluding carboxylic acids is 1. The molecule has 0 unspecified atom stereocenters. The highest BCUT2D eigenvalue weighted by Crippen LogP contribution is 2.22. The SMILES string of the molecule is O=C(Nc1ccccc1Cc1ccccc1)c1cccc(S(=O)(=O)N2CCOCC2)c1. The van der Waals surface area contributed by atoms with Crippen LogP contribution in [0.25, 0.3) is 0 Å². The number of nitrogens with zero attached hydrogens (tertiary/aromatic N) is 1. The van der Waals surface area contributed by atoms with Gasteiger partial charge in [0.25, 0.3) is 5.91 Å². The highest BCUT2D eigenvalue weighted by molar-refractivity contribution is 7.89. The van der Waals surface area contributed by atoms with Crippen LogP contribution < -0.4 is 5.32 Å². The minimum Gasteiger partial charge on any atom is -0.379 e. The minimum atomic E-state index is -3.67. The molecule has 3 aromatic carbocycles. The Hall–Kier alpha value is -3.00. The molecule has 1 saturated heterocycles. The molecule has 6 nitrogen and oxygen atoms in total. The lowest BCUT2D eigenvalue weighted by atomic mass is 10.0. The Kier molecular flexibility index (Phi) is 6.46. The Morgan fingerprint density at radius 1 is 0.903 bits per heavy atom. The van der Waals surface area contributed by atoms with E-state index in [1.807, 2.05) is 54.6 Å². The van der Waals surface area contributed by atoms with Crippen LogP contribution in [0.5, 0.6) is 0 Å². The van der Waals surface area contributed by atoms with E-state index in [1.54, 1.807) is 12.1 Å². The van der Waals surface area contributed by atoms with Crippen molar-refractivity contribution >= 4 is 21.6 Å². The van der Waals surface area contributed by atoms with E-state index in [1.165, 1.54) is 16.4 Å². The topological polar surface area (TPSA) is 75.7 Å². The van der Waals surface area contributed by atoms with Gasteiger partial charge in [0.05, 0.1) is 18.1 Å². The van der Waals surface area contributed by atoms with Crippen LogP contribution in [0.15, 0.2) is 83.8 Å². The molecule has 3 aromatic rings. The molecule has 0 atom stereocenters. The summed E-state index contributed by atoms with van der Waals surface area (Å²) in [4.78, 5) is 13.0. The number of ether oxygens (including phenoxy) is 1. The molecule has 7 heteroatoms. The van der Waals surface area contributed by atoms with E-state index in [2.05, 4.69) is 5.32 Å². The van der Waals surface area contributed by atoms with E-state index in [0.29, 0.717) is 44.0 Å². The fraction of sp³-hybridized carbons (Fsp3) is 0.208. The number of rotatable bonds is 6. The van der Waals surface area contributed by atoms with Gasteiger partial charge < -0.3 is 10.1 Å². The quantitative estimate of drug-likeness (QED) is 0.641. The van der Waals surface area contributed by atoms with E-state index >= 15 is 0 Å². The van der Waals surface area contributed by atoms with Gasteiger partial charge in [0.2, 0.25) is 10.0 Å². The molecule has 0 aliphatic carbocycles. The van der Waals surface area contributed by atoms with Gasteiger partial charge in [-0.3, -0.25) is 4.79 Å². The number of para-hydroxylation sites is 1. The number of morpholine rings is 1. The molecule has 1 heterocycles. The molecule has 1 fully saturated rings. The molecule has 31 heavy (non-hydrogen) atoms. The summed E-state index contributed by atoms with van der Waals surface area (Å²) in [6, 6.07) is 23.8. The number of carbonyl (C=O) groups is 1. The van der Waals surface area contributed by atoms with Gasteiger partial charge in [0.15, 0.2) is 0 Å². The van der Waals surface area contributed by atoms with Crippen molar-refractivity contribution < 1.29 is 17.9 Å². The van der Waals surface area contributed by atoms with Gasteiger partial charge in [-0.05, 0) is 41.8 Å². The summed E-state index contributed by atoms with van der Waals surface area (Å²) in [7, 11) is -3.67. The van der Waals surface area contributed by atoms with Gasteiger partial charge in [0, 0.05) is 24.3 Å². The average molecular weight is 437 g/mol. The first-order chi connectivity index (χ1) is 15.0. The number of hydrogen-bond donors (Lipinski definition) is 1. The van der Waals surface area contributed by atoms with Crippen LogP contribution in [0.1, 0.15) is 21.5 Å². The molecule has 160 valence electrons. The van der Waals surface area contributed by atoms with E-state index in [4.69, 9.17) is 4.74 Å². The molecular weight excluding hydrogens is 412 g/mol. The van der Waals surface area contributed by atoms with Crippen LogP contribution in [0, 0.1) is 0 Å². The molecule has 0 radical (unpaired) electrons. The number of anilines is 1. The van der Waals surface area contributed by atoms with Gasteiger partial charge in [0.1, 0.15) is 0 Å². The minimum absolute atomic E-state index is 0.111. The summed E-state index contributed by atoms with van der Waals surface area (Å²) in [5, 5.41) is 2.94. The molecule has 4 rings (SSSR count). The number of nitrogens with one attached hydrogen (secondary N) is 1. The molecule has 0 bridgehead atoms. The van der Waals surface area contributed by atoms with Crippen molar-refractivity contribution in [3.8, 4) is 0 Å². The molecular formula is C24H24N2O4S. The number of hydrogen-bond acceptors (Lipinski definition) is 4. The monoisotopic (exact) mass is 436 g/mol. The van der Waals surface area contributed by atoms with E-state index in [-0.39, 0.29) is 10.8 Å². The van der Waals surface area contributed by atoms with Crippen LogP contribution >= 0.6 is 0 Å². The lowest BCUT2D eigenvalue weighted by Gasteiger charge is -2.26. The normalized spacial score (nSPS) is 14.8. The molecule has 1 aliphatic heterocycles. The van der Waals surface area contributed by atoms with Crippen LogP contribution in [-0.4, -0.2) is 44.9 Å². The Balaban J connectivity index is 1.54. The maximum absolute atomic E-state index is 12.9. The summed E-state index contributed by atoms with van der Waals surface area (Å²) in [5.41, 5.74) is 3.13. The zero-order chi connectivity index (χ0) is 21.7. The van der Waals surface area contributed by atoms with Crippen molar-refractivity contribution in [3.05, 3.63) is 95.6 Å². The predicted molar refractivity (Wildman–Crippen MR) is 120 cm³/mol. The standard InChI is InChI=1S/C24H24N2O4S/c27-24(25-23-12-5-4-9-20(23)17-19-7-2-1-3-8-19)21-10-6-11-22(18-21)31(28,29)26-13-15-30-16-14-26/h1-12,18H,13-17H2,(H,25,27). The lowest BCUT2D eigenvalue weighted by Crippen LogP contribution is -2.40. The van der Waals surface area contributed by atoms with Crippen molar-refractivity contribution in [2.75, 3.05) is 31.6 Å². The third-order valence-corrected chi connectivity index (χ3v) is 7.10. The maximum atomic E-state index is 12.9. The fourth-order valence-electron chi connectivity index (χ4n) is 3.54. The van der Waals surface area contributed by atoms with Gasteiger partial charge in [-0.25, -0.2) is 8.42 Å². The fourth-order valence-corrected chi connectivity index (χ4v) is 4.99. The highest BCUT2D eigenvalue weighted by atomic mass is 32.2. The Morgan fingerprint density at radius 2 is 1.61 bits per heavy atom. The van der Waals surface area contributed by atoms with Crippen molar-refractivity contribution in [1.82, 2.24) is 4.31 Å². The molecule has 1 aliphatic rings. The lowest BCUT2D eigenvalue weighted by molar-refractivity contribution is 0.0730. The van der Waals surface area contributed by atoms with Gasteiger partial charge >= 0.3 is 0 Å². The van der Waals surface area contributed by atoms with Crippen molar-refractivity contribution in [2.24, 2.45) is 0 Å². The summed E-state index contributed by atoms with van der Waals surface area (Å²) in [5.74, 6) is -0.348. The zero-order valence-corrected chi connectivity index (χ0v) is 17.8. The van der Waals surface area contributed by atoms with E-state index in [0.717, 1.165) is 11.1 Å². The van der Waals surface area contributed by atoms with Crippen molar-refractivity contribution in [2.45, 2.75) is 11.3 Å². The average Bonchev–Trinajstić information content (AvgIpc) is 2.81. The second kappa shape index (κ2) is 9.43. The van der Waals surface area contributed by atoms with Crippen LogP contribution in [0.3, 0.4) is 0 Å².